The van der Waals surface area contributed by atoms with Gasteiger partial charge in [-0.2, -0.15) is 5.26 Å². The lowest BCUT2D eigenvalue weighted by Crippen LogP contribution is -2.02. The molecule has 0 saturated carbocycles. The average Bonchev–Trinajstić information content (AvgIpc) is 2.79. The van der Waals surface area contributed by atoms with Crippen LogP contribution >= 0.6 is 0 Å². The zero-order valence-corrected chi connectivity index (χ0v) is 19.2. The molecule has 2 unspecified atom stereocenters. The summed E-state index contributed by atoms with van der Waals surface area (Å²) in [4.78, 5) is 0. The molecular weight excluding hydrogens is 366 g/mol. The lowest BCUT2D eigenvalue weighted by atomic mass is 9.89. The predicted octanol–water partition coefficient (Wildman–Crippen LogP) is 8.53. The van der Waals surface area contributed by atoms with Crippen LogP contribution in [-0.4, -0.2) is 6.61 Å². The van der Waals surface area contributed by atoms with Gasteiger partial charge in [-0.05, 0) is 47.6 Å². The van der Waals surface area contributed by atoms with Gasteiger partial charge in [-0.25, -0.2) is 0 Å². The van der Waals surface area contributed by atoms with Crippen molar-refractivity contribution in [2.24, 2.45) is 5.92 Å². The first-order chi connectivity index (χ1) is 14.7. The first kappa shape index (κ1) is 24.0. The highest BCUT2D eigenvalue weighted by Crippen LogP contribution is 2.28. The van der Waals surface area contributed by atoms with Gasteiger partial charge in [0.15, 0.2) is 0 Å². The van der Waals surface area contributed by atoms with Gasteiger partial charge in [0.05, 0.1) is 18.6 Å². The molecule has 0 saturated heterocycles. The van der Waals surface area contributed by atoms with Crippen molar-refractivity contribution in [1.82, 2.24) is 0 Å². The molecule has 0 radical (unpaired) electrons. The van der Waals surface area contributed by atoms with Crippen LogP contribution in [0.5, 0.6) is 5.75 Å². The lowest BCUT2D eigenvalue weighted by Gasteiger charge is -2.14. The standard InChI is InChI=1S/C28H39NO/c1-4-6-7-8-9-10-11-20-30-28-18-16-25(17-19-28)24-12-14-26(15-13-24)27(22-29)21-23(3)5-2/h12-19,23,27H,4-11,20-21H2,1-3H3. The number of ether oxygens (including phenoxy) is 1. The summed E-state index contributed by atoms with van der Waals surface area (Å²) in [5.41, 5.74) is 3.48. The van der Waals surface area contributed by atoms with Crippen molar-refractivity contribution in [1.29, 1.82) is 5.26 Å². The van der Waals surface area contributed by atoms with Crippen LogP contribution in [-0.2, 0) is 0 Å². The maximum atomic E-state index is 9.53. The Bertz CT molecular complexity index is 742. The molecule has 0 spiro atoms. The van der Waals surface area contributed by atoms with Crippen molar-refractivity contribution in [3.8, 4) is 22.9 Å². The van der Waals surface area contributed by atoms with Gasteiger partial charge in [-0.1, -0.05) is 102 Å². The third-order valence-electron chi connectivity index (χ3n) is 6.01. The second-order valence-electron chi connectivity index (χ2n) is 8.55. The maximum Gasteiger partial charge on any atom is 0.119 e. The molecule has 2 nitrogen and oxygen atoms in total. The van der Waals surface area contributed by atoms with Gasteiger partial charge < -0.3 is 4.74 Å². The molecule has 30 heavy (non-hydrogen) atoms. The molecule has 0 amide bonds. The third kappa shape index (κ3) is 8.23. The SMILES string of the molecule is CCCCCCCCCOc1ccc(-c2ccc(C(C#N)CC(C)CC)cc2)cc1. The number of nitrogens with zero attached hydrogens (tertiary/aromatic N) is 1. The highest BCUT2D eigenvalue weighted by atomic mass is 16.5. The van der Waals surface area contributed by atoms with Gasteiger partial charge in [0, 0.05) is 0 Å². The molecular formula is C28H39NO. The molecule has 0 aliphatic rings. The second kappa shape index (κ2) is 13.9. The number of nitriles is 1. The summed E-state index contributed by atoms with van der Waals surface area (Å²) in [5, 5.41) is 9.53. The second-order valence-corrected chi connectivity index (χ2v) is 8.55. The fraction of sp³-hybridized carbons (Fsp3) is 0.536. The van der Waals surface area contributed by atoms with Crippen molar-refractivity contribution >= 4 is 0 Å². The van der Waals surface area contributed by atoms with Gasteiger partial charge in [0.25, 0.3) is 0 Å². The Balaban J connectivity index is 1.81. The van der Waals surface area contributed by atoms with E-state index in [2.05, 4.69) is 75.4 Å². The minimum Gasteiger partial charge on any atom is -0.494 e. The van der Waals surface area contributed by atoms with E-state index < -0.39 is 0 Å². The van der Waals surface area contributed by atoms with Crippen LogP contribution in [0.4, 0.5) is 0 Å². The van der Waals surface area contributed by atoms with E-state index in [0.717, 1.165) is 37.2 Å². The van der Waals surface area contributed by atoms with Gasteiger partial charge in [0.2, 0.25) is 0 Å². The molecule has 0 heterocycles. The van der Waals surface area contributed by atoms with Crippen LogP contribution in [0.15, 0.2) is 48.5 Å². The van der Waals surface area contributed by atoms with Crippen molar-refractivity contribution in [3.63, 3.8) is 0 Å². The summed E-state index contributed by atoms with van der Waals surface area (Å²) < 4.78 is 5.90. The van der Waals surface area contributed by atoms with E-state index in [-0.39, 0.29) is 5.92 Å². The van der Waals surface area contributed by atoms with Crippen molar-refractivity contribution in [2.75, 3.05) is 6.61 Å². The summed E-state index contributed by atoms with van der Waals surface area (Å²) in [7, 11) is 0. The van der Waals surface area contributed by atoms with Crippen LogP contribution < -0.4 is 4.74 Å². The molecule has 2 aromatic rings. The number of benzene rings is 2. The molecule has 0 fully saturated rings. The average molecular weight is 406 g/mol. The first-order valence-corrected chi connectivity index (χ1v) is 11.9. The molecule has 2 rings (SSSR count). The fourth-order valence-electron chi connectivity index (χ4n) is 3.73. The zero-order valence-electron chi connectivity index (χ0n) is 19.2. The van der Waals surface area contributed by atoms with Crippen LogP contribution in [0.3, 0.4) is 0 Å². The van der Waals surface area contributed by atoms with Crippen LogP contribution in [0, 0.1) is 17.2 Å². The normalized spacial score (nSPS) is 12.9. The highest BCUT2D eigenvalue weighted by molar-refractivity contribution is 5.64. The van der Waals surface area contributed by atoms with Crippen molar-refractivity contribution < 1.29 is 4.74 Å². The van der Waals surface area contributed by atoms with E-state index in [4.69, 9.17) is 4.74 Å². The Morgan fingerprint density at radius 3 is 1.93 bits per heavy atom. The Morgan fingerprint density at radius 2 is 1.37 bits per heavy atom. The lowest BCUT2D eigenvalue weighted by molar-refractivity contribution is 0.304. The number of rotatable bonds is 14. The minimum absolute atomic E-state index is 0.0172. The highest BCUT2D eigenvalue weighted by Gasteiger charge is 2.14. The first-order valence-electron chi connectivity index (χ1n) is 11.9. The van der Waals surface area contributed by atoms with E-state index in [1.54, 1.807) is 0 Å². The van der Waals surface area contributed by atoms with E-state index in [9.17, 15) is 5.26 Å². The summed E-state index contributed by atoms with van der Waals surface area (Å²) in [6.45, 7) is 7.46. The Kier molecular flexibility index (Phi) is 11.1. The Labute approximate surface area is 184 Å². The van der Waals surface area contributed by atoms with Gasteiger partial charge in [-0.3, -0.25) is 0 Å². The predicted molar refractivity (Wildman–Crippen MR) is 128 cm³/mol. The van der Waals surface area contributed by atoms with Crippen molar-refractivity contribution in [2.45, 2.75) is 84.5 Å². The third-order valence-corrected chi connectivity index (χ3v) is 6.01. The van der Waals surface area contributed by atoms with E-state index in [1.807, 2.05) is 0 Å². The molecule has 0 aliphatic carbocycles. The smallest absolute Gasteiger partial charge is 0.119 e. The quantitative estimate of drug-likeness (QED) is 0.295. The molecule has 2 heteroatoms. The van der Waals surface area contributed by atoms with Crippen LogP contribution in [0.2, 0.25) is 0 Å². The van der Waals surface area contributed by atoms with Gasteiger partial charge in [-0.15, -0.1) is 0 Å². The van der Waals surface area contributed by atoms with Gasteiger partial charge >= 0.3 is 0 Å². The monoisotopic (exact) mass is 405 g/mol. The Hall–Kier alpha value is -2.27. The number of hydrogen-bond donors (Lipinski definition) is 0. The molecule has 2 atom stereocenters. The Morgan fingerprint density at radius 1 is 0.800 bits per heavy atom. The minimum atomic E-state index is -0.0172. The fourth-order valence-corrected chi connectivity index (χ4v) is 3.73. The topological polar surface area (TPSA) is 33.0 Å². The molecule has 0 N–H and O–H groups in total. The summed E-state index contributed by atoms with van der Waals surface area (Å²) in [5.74, 6) is 1.50. The molecule has 2 aromatic carbocycles. The van der Waals surface area contributed by atoms with Gasteiger partial charge in [0.1, 0.15) is 5.75 Å². The van der Waals surface area contributed by atoms with E-state index >= 15 is 0 Å². The summed E-state index contributed by atoms with van der Waals surface area (Å²) >= 11 is 0. The number of hydrogen-bond acceptors (Lipinski definition) is 2. The molecule has 0 aliphatic heterocycles. The van der Waals surface area contributed by atoms with Crippen LogP contribution in [0.25, 0.3) is 11.1 Å². The van der Waals surface area contributed by atoms with E-state index in [0.29, 0.717) is 5.92 Å². The zero-order chi connectivity index (χ0) is 21.6. The van der Waals surface area contributed by atoms with Crippen molar-refractivity contribution in [3.05, 3.63) is 54.1 Å². The maximum absolute atomic E-state index is 9.53. The molecule has 162 valence electrons. The largest absolute Gasteiger partial charge is 0.494 e. The number of unbranched alkanes of at least 4 members (excludes halogenated alkanes) is 6. The summed E-state index contributed by atoms with van der Waals surface area (Å²) in [6, 6.07) is 19.3. The summed E-state index contributed by atoms with van der Waals surface area (Å²) in [6.07, 6.45) is 11.2. The van der Waals surface area contributed by atoms with Crippen LogP contribution in [0.1, 0.15) is 90.0 Å². The molecule has 0 aromatic heterocycles. The van der Waals surface area contributed by atoms with E-state index in [1.165, 1.54) is 49.7 Å². The molecule has 0 bridgehead atoms.